The predicted molar refractivity (Wildman–Crippen MR) is 59.6 cm³/mol. The smallest absolute Gasteiger partial charge is 0.0794 e. The van der Waals surface area contributed by atoms with Gasteiger partial charge in [0.25, 0.3) is 0 Å². The van der Waals surface area contributed by atoms with Gasteiger partial charge in [-0.3, -0.25) is 9.88 Å². The zero-order chi connectivity index (χ0) is 10.3. The molecular weight excluding hydrogens is 208 g/mol. The van der Waals surface area contributed by atoms with Gasteiger partial charge in [-0.25, -0.2) is 0 Å². The fraction of sp³-hybridized carbons (Fsp3) is 0.727. The Morgan fingerprint density at radius 1 is 1.47 bits per heavy atom. The highest BCUT2D eigenvalue weighted by Crippen LogP contribution is 2.38. The molecule has 1 N–H and O–H groups in total. The first-order chi connectivity index (χ1) is 7.33. The zero-order valence-electron chi connectivity index (χ0n) is 8.67. The molecule has 2 aliphatic rings. The van der Waals surface area contributed by atoms with Crippen LogP contribution in [0, 0.1) is 11.8 Å². The Labute approximate surface area is 93.8 Å². The second-order valence-corrected chi connectivity index (χ2v) is 5.70. The lowest BCUT2D eigenvalue weighted by Gasteiger charge is -2.16. The Morgan fingerprint density at radius 2 is 2.40 bits per heavy atom. The number of aliphatic hydroxyl groups is 1. The van der Waals surface area contributed by atoms with Crippen LogP contribution < -0.4 is 0 Å². The summed E-state index contributed by atoms with van der Waals surface area (Å²) in [7, 11) is 0. The van der Waals surface area contributed by atoms with Crippen molar-refractivity contribution in [2.24, 2.45) is 11.8 Å². The predicted octanol–water partition coefficient (Wildman–Crippen LogP) is 1.35. The largest absolute Gasteiger partial charge is 0.393 e. The van der Waals surface area contributed by atoms with Gasteiger partial charge < -0.3 is 5.11 Å². The monoisotopic (exact) mass is 224 g/mol. The molecule has 1 saturated heterocycles. The van der Waals surface area contributed by atoms with E-state index >= 15 is 0 Å². The van der Waals surface area contributed by atoms with Gasteiger partial charge in [-0.2, -0.15) is 0 Å². The van der Waals surface area contributed by atoms with Crippen molar-refractivity contribution in [2.75, 3.05) is 13.1 Å². The van der Waals surface area contributed by atoms with Crippen LogP contribution in [0.1, 0.15) is 17.7 Å². The standard InChI is InChI=1S/C11H16N2OS/c14-11-2-1-8-4-13(6-10(8)11)5-9-3-12-7-15-9/h3,7-8,10-11,14H,1-2,4-6H2. The van der Waals surface area contributed by atoms with Gasteiger partial charge in [-0.05, 0) is 18.8 Å². The maximum Gasteiger partial charge on any atom is 0.0794 e. The minimum atomic E-state index is -0.0403. The van der Waals surface area contributed by atoms with Gasteiger partial charge in [0.1, 0.15) is 0 Å². The number of likely N-dealkylation sites (tertiary alicyclic amines) is 1. The highest BCUT2D eigenvalue weighted by molar-refractivity contribution is 7.09. The molecule has 3 rings (SSSR count). The summed E-state index contributed by atoms with van der Waals surface area (Å²) in [6.07, 6.45) is 4.14. The second-order valence-electron chi connectivity index (χ2n) is 4.73. The van der Waals surface area contributed by atoms with Crippen molar-refractivity contribution in [3.8, 4) is 0 Å². The Kier molecular flexibility index (Phi) is 2.50. The summed E-state index contributed by atoms with van der Waals surface area (Å²) in [4.78, 5) is 7.89. The van der Waals surface area contributed by atoms with E-state index < -0.39 is 0 Å². The van der Waals surface area contributed by atoms with Gasteiger partial charge in [0.2, 0.25) is 0 Å². The number of aliphatic hydroxyl groups excluding tert-OH is 1. The van der Waals surface area contributed by atoms with Crippen molar-refractivity contribution in [3.05, 3.63) is 16.6 Å². The third kappa shape index (κ3) is 1.82. The van der Waals surface area contributed by atoms with Gasteiger partial charge in [-0.1, -0.05) is 0 Å². The third-order valence-corrected chi connectivity index (χ3v) is 4.52. The number of nitrogens with zero attached hydrogens (tertiary/aromatic N) is 2. The summed E-state index contributed by atoms with van der Waals surface area (Å²) >= 11 is 1.72. The van der Waals surface area contributed by atoms with Crippen LogP contribution in [0.3, 0.4) is 0 Å². The first-order valence-corrected chi connectivity index (χ1v) is 6.48. The van der Waals surface area contributed by atoms with Crippen LogP contribution in [0.15, 0.2) is 11.7 Å². The lowest BCUT2D eigenvalue weighted by molar-refractivity contribution is 0.123. The average molecular weight is 224 g/mol. The molecule has 0 aromatic carbocycles. The SMILES string of the molecule is OC1CCC2CN(Cc3cncs3)CC12. The Hall–Kier alpha value is -0.450. The summed E-state index contributed by atoms with van der Waals surface area (Å²) < 4.78 is 0. The minimum Gasteiger partial charge on any atom is -0.393 e. The Morgan fingerprint density at radius 3 is 3.13 bits per heavy atom. The number of thiazole rings is 1. The number of fused-ring (bicyclic) bond motifs is 1. The molecule has 1 saturated carbocycles. The summed E-state index contributed by atoms with van der Waals surface area (Å²) in [5, 5.41) is 9.81. The summed E-state index contributed by atoms with van der Waals surface area (Å²) in [5.41, 5.74) is 1.89. The highest BCUT2D eigenvalue weighted by atomic mass is 32.1. The summed E-state index contributed by atoms with van der Waals surface area (Å²) in [6, 6.07) is 0. The van der Waals surface area contributed by atoms with Crippen molar-refractivity contribution in [1.29, 1.82) is 0 Å². The number of hydrogen-bond donors (Lipinski definition) is 1. The van der Waals surface area contributed by atoms with Crippen molar-refractivity contribution in [2.45, 2.75) is 25.5 Å². The molecule has 0 spiro atoms. The molecule has 1 aliphatic carbocycles. The Balaban J connectivity index is 1.62. The molecule has 2 heterocycles. The number of rotatable bonds is 2. The molecule has 1 aromatic rings. The number of hydrogen-bond acceptors (Lipinski definition) is 4. The molecule has 0 radical (unpaired) electrons. The first kappa shape index (κ1) is 9.75. The van der Waals surface area contributed by atoms with Crippen LogP contribution in [0.5, 0.6) is 0 Å². The normalized spacial score (nSPS) is 35.9. The van der Waals surface area contributed by atoms with E-state index in [9.17, 15) is 5.11 Å². The van der Waals surface area contributed by atoms with E-state index in [4.69, 9.17) is 0 Å². The molecule has 82 valence electrons. The van der Waals surface area contributed by atoms with Gasteiger partial charge in [0.05, 0.1) is 11.6 Å². The van der Waals surface area contributed by atoms with Crippen LogP contribution in [0.2, 0.25) is 0 Å². The quantitative estimate of drug-likeness (QED) is 0.823. The van der Waals surface area contributed by atoms with E-state index in [2.05, 4.69) is 9.88 Å². The third-order valence-electron chi connectivity index (χ3n) is 3.76. The topological polar surface area (TPSA) is 36.4 Å². The molecule has 3 nitrogen and oxygen atoms in total. The molecule has 3 unspecified atom stereocenters. The molecule has 1 aromatic heterocycles. The fourth-order valence-corrected chi connectivity index (χ4v) is 3.63. The first-order valence-electron chi connectivity index (χ1n) is 5.60. The fourth-order valence-electron chi connectivity index (χ4n) is 3.00. The van der Waals surface area contributed by atoms with E-state index in [-0.39, 0.29) is 6.10 Å². The molecule has 0 bridgehead atoms. The molecule has 15 heavy (non-hydrogen) atoms. The average Bonchev–Trinajstić information content (AvgIpc) is 2.88. The van der Waals surface area contributed by atoms with Gasteiger partial charge in [0, 0.05) is 36.6 Å². The van der Waals surface area contributed by atoms with E-state index in [1.807, 2.05) is 11.7 Å². The minimum absolute atomic E-state index is 0.0403. The van der Waals surface area contributed by atoms with Crippen molar-refractivity contribution >= 4 is 11.3 Å². The van der Waals surface area contributed by atoms with Gasteiger partial charge in [-0.15, -0.1) is 11.3 Å². The zero-order valence-corrected chi connectivity index (χ0v) is 9.49. The maximum absolute atomic E-state index is 9.81. The Bertz CT molecular complexity index is 327. The van der Waals surface area contributed by atoms with Crippen LogP contribution in [0.4, 0.5) is 0 Å². The van der Waals surface area contributed by atoms with Crippen molar-refractivity contribution < 1.29 is 5.11 Å². The maximum atomic E-state index is 9.81. The summed E-state index contributed by atoms with van der Waals surface area (Å²) in [6.45, 7) is 3.26. The molecule has 2 fully saturated rings. The van der Waals surface area contributed by atoms with Crippen LogP contribution in [-0.4, -0.2) is 34.2 Å². The van der Waals surface area contributed by atoms with E-state index in [0.717, 1.165) is 25.4 Å². The van der Waals surface area contributed by atoms with E-state index in [1.54, 1.807) is 11.3 Å². The van der Waals surface area contributed by atoms with Crippen LogP contribution in [0.25, 0.3) is 0 Å². The lowest BCUT2D eigenvalue weighted by Crippen LogP contribution is -2.24. The molecule has 3 atom stereocenters. The molecule has 4 heteroatoms. The van der Waals surface area contributed by atoms with Crippen LogP contribution >= 0.6 is 11.3 Å². The molecule has 0 amide bonds. The molecular formula is C11H16N2OS. The van der Waals surface area contributed by atoms with Crippen LogP contribution in [-0.2, 0) is 6.54 Å². The van der Waals surface area contributed by atoms with Crippen molar-refractivity contribution in [3.63, 3.8) is 0 Å². The lowest BCUT2D eigenvalue weighted by atomic mass is 10.00. The summed E-state index contributed by atoms with van der Waals surface area (Å²) in [5.74, 6) is 1.28. The second kappa shape index (κ2) is 3.85. The highest BCUT2D eigenvalue weighted by Gasteiger charge is 2.41. The van der Waals surface area contributed by atoms with Crippen molar-refractivity contribution in [1.82, 2.24) is 9.88 Å². The van der Waals surface area contributed by atoms with E-state index in [1.165, 1.54) is 17.8 Å². The number of aromatic nitrogens is 1. The van der Waals surface area contributed by atoms with E-state index in [0.29, 0.717) is 5.92 Å². The molecule has 1 aliphatic heterocycles. The van der Waals surface area contributed by atoms with Gasteiger partial charge >= 0.3 is 0 Å². The van der Waals surface area contributed by atoms with Gasteiger partial charge in [0.15, 0.2) is 0 Å².